The molecule has 0 amide bonds. The number of nitrogens with zero attached hydrogens (tertiary/aromatic N) is 4. The van der Waals surface area contributed by atoms with E-state index in [2.05, 4.69) is 22.0 Å². The van der Waals surface area contributed by atoms with Crippen LogP contribution in [0.3, 0.4) is 0 Å². The molecule has 0 saturated carbocycles. The summed E-state index contributed by atoms with van der Waals surface area (Å²) >= 11 is 0. The van der Waals surface area contributed by atoms with Gasteiger partial charge in [0.25, 0.3) is 0 Å². The minimum atomic E-state index is -4.61. The Bertz CT molecular complexity index is 1310. The molecule has 1 fully saturated rings. The van der Waals surface area contributed by atoms with Crippen molar-refractivity contribution in [2.75, 3.05) is 25.6 Å². The fraction of sp³-hybridized carbons (Fsp3) is 0.261. The molecule has 5 rings (SSSR count). The number of hydrogen-bond donors (Lipinski definition) is 1. The molecule has 10 heteroatoms. The number of ether oxygens (including phenoxy) is 2. The highest BCUT2D eigenvalue weighted by molar-refractivity contribution is 5.67. The van der Waals surface area contributed by atoms with Crippen molar-refractivity contribution in [3.8, 4) is 28.3 Å². The van der Waals surface area contributed by atoms with E-state index in [1.165, 1.54) is 16.9 Å². The highest BCUT2D eigenvalue weighted by Crippen LogP contribution is 2.35. The number of anilines is 1. The quantitative estimate of drug-likeness (QED) is 0.478. The molecule has 2 N–H and O–H groups in total. The number of imidazole rings is 1. The normalized spacial score (nSPS) is 15.4. The summed E-state index contributed by atoms with van der Waals surface area (Å²) in [6.45, 7) is 4.07. The van der Waals surface area contributed by atoms with Crippen LogP contribution in [0, 0.1) is 5.41 Å². The Kier molecular flexibility index (Phi) is 4.97. The van der Waals surface area contributed by atoms with Crippen LogP contribution in [0.2, 0.25) is 0 Å². The summed E-state index contributed by atoms with van der Waals surface area (Å²) in [6.07, 6.45) is -1.87. The zero-order valence-corrected chi connectivity index (χ0v) is 17.6. The van der Waals surface area contributed by atoms with Crippen molar-refractivity contribution in [2.45, 2.75) is 13.1 Å². The minimum absolute atomic E-state index is 0.0476. The Morgan fingerprint density at radius 2 is 1.82 bits per heavy atom. The third kappa shape index (κ3) is 4.09. The number of fused-ring (bicyclic) bond motifs is 1. The number of aromatic nitrogens is 4. The monoisotopic (exact) mass is 455 g/mol. The van der Waals surface area contributed by atoms with E-state index >= 15 is 0 Å². The number of alkyl halides is 3. The van der Waals surface area contributed by atoms with Crippen molar-refractivity contribution in [3.05, 3.63) is 60.4 Å². The minimum Gasteiger partial charge on any atom is -0.493 e. The lowest BCUT2D eigenvalue weighted by molar-refractivity contribution is -0.137. The third-order valence-corrected chi connectivity index (χ3v) is 5.52. The van der Waals surface area contributed by atoms with Gasteiger partial charge in [0.1, 0.15) is 11.6 Å². The molecule has 4 heterocycles. The van der Waals surface area contributed by atoms with E-state index < -0.39 is 17.6 Å². The summed E-state index contributed by atoms with van der Waals surface area (Å²) in [4.78, 5) is 7.96. The molecule has 0 radical (unpaired) electrons. The van der Waals surface area contributed by atoms with Gasteiger partial charge < -0.3 is 15.2 Å². The predicted molar refractivity (Wildman–Crippen MR) is 115 cm³/mol. The molecule has 1 aromatic carbocycles. The van der Waals surface area contributed by atoms with Crippen molar-refractivity contribution in [3.63, 3.8) is 0 Å². The van der Waals surface area contributed by atoms with Gasteiger partial charge in [0.15, 0.2) is 5.65 Å². The van der Waals surface area contributed by atoms with Gasteiger partial charge in [-0.05, 0) is 42.5 Å². The molecule has 1 aliphatic heterocycles. The lowest BCUT2D eigenvalue weighted by Crippen LogP contribution is -2.44. The molecule has 1 aliphatic rings. The largest absolute Gasteiger partial charge is 0.493 e. The van der Waals surface area contributed by atoms with E-state index in [1.807, 2.05) is 24.3 Å². The Morgan fingerprint density at radius 3 is 2.48 bits per heavy atom. The molecule has 0 atom stereocenters. The number of benzene rings is 1. The Hall–Kier alpha value is -3.66. The molecule has 170 valence electrons. The summed E-state index contributed by atoms with van der Waals surface area (Å²) in [5.41, 5.74) is 7.02. The van der Waals surface area contributed by atoms with E-state index in [0.717, 1.165) is 17.4 Å². The number of nitrogen functional groups attached to an aromatic ring is 1. The smallest absolute Gasteiger partial charge is 0.419 e. The second-order valence-electron chi connectivity index (χ2n) is 8.40. The lowest BCUT2D eigenvalue weighted by atomic mass is 9.90. The Morgan fingerprint density at radius 1 is 1.06 bits per heavy atom. The summed E-state index contributed by atoms with van der Waals surface area (Å²) in [7, 11) is 0. The van der Waals surface area contributed by atoms with Crippen LogP contribution in [0.15, 0.2) is 54.9 Å². The SMILES string of the molecule is CC1(COc2ccc(-c3ccc4ncc(-c5cnc(N)c(C(F)(F)F)c5)n4n3)cc2)COC1. The zero-order chi connectivity index (χ0) is 23.2. The molecule has 33 heavy (non-hydrogen) atoms. The summed E-state index contributed by atoms with van der Waals surface area (Å²) in [5, 5.41) is 4.59. The van der Waals surface area contributed by atoms with Gasteiger partial charge in [0.05, 0.1) is 43.0 Å². The molecule has 1 saturated heterocycles. The number of halogens is 3. The van der Waals surface area contributed by atoms with Crippen LogP contribution >= 0.6 is 0 Å². The number of rotatable bonds is 5. The first-order valence-electron chi connectivity index (χ1n) is 10.2. The van der Waals surface area contributed by atoms with Gasteiger partial charge in [0.2, 0.25) is 0 Å². The van der Waals surface area contributed by atoms with Gasteiger partial charge in [-0.15, -0.1) is 0 Å². The fourth-order valence-electron chi connectivity index (χ4n) is 3.58. The number of nitrogens with two attached hydrogens (primary N) is 1. The van der Waals surface area contributed by atoms with Crippen LogP contribution in [-0.4, -0.2) is 39.4 Å². The number of hydrogen-bond acceptors (Lipinski definition) is 6. The maximum Gasteiger partial charge on any atom is 0.419 e. The van der Waals surface area contributed by atoms with Crippen molar-refractivity contribution in [2.24, 2.45) is 5.41 Å². The molecular weight excluding hydrogens is 435 g/mol. The van der Waals surface area contributed by atoms with Crippen LogP contribution in [0.4, 0.5) is 19.0 Å². The Labute approximate surface area is 187 Å². The van der Waals surface area contributed by atoms with Gasteiger partial charge >= 0.3 is 6.18 Å². The summed E-state index contributed by atoms with van der Waals surface area (Å²) in [5.74, 6) is 0.166. The van der Waals surface area contributed by atoms with Crippen LogP contribution < -0.4 is 10.5 Å². The first-order valence-corrected chi connectivity index (χ1v) is 10.2. The fourth-order valence-corrected chi connectivity index (χ4v) is 3.58. The second-order valence-corrected chi connectivity index (χ2v) is 8.40. The van der Waals surface area contributed by atoms with Crippen LogP contribution in [0.25, 0.3) is 28.2 Å². The summed E-state index contributed by atoms with van der Waals surface area (Å²) < 4.78 is 52.4. The van der Waals surface area contributed by atoms with E-state index in [9.17, 15) is 13.2 Å². The van der Waals surface area contributed by atoms with E-state index in [1.54, 1.807) is 12.1 Å². The first-order chi connectivity index (χ1) is 15.7. The van der Waals surface area contributed by atoms with Gasteiger partial charge in [0, 0.05) is 22.7 Å². The Balaban J connectivity index is 1.44. The maximum absolute atomic E-state index is 13.3. The molecule has 4 aromatic rings. The standard InChI is InChI=1S/C23H20F3N5O2/c1-22(11-32-12-22)13-33-16-4-2-14(3-5-16)18-6-7-20-28-10-19(31(20)30-18)15-8-17(23(24,25)26)21(27)29-9-15/h2-10H,11-13H2,1H3,(H2,27,29). The third-order valence-electron chi connectivity index (χ3n) is 5.52. The number of pyridine rings is 1. The van der Waals surface area contributed by atoms with Crippen molar-refractivity contribution in [1.29, 1.82) is 0 Å². The van der Waals surface area contributed by atoms with Crippen molar-refractivity contribution < 1.29 is 22.6 Å². The van der Waals surface area contributed by atoms with Crippen LogP contribution in [-0.2, 0) is 10.9 Å². The molecule has 0 spiro atoms. The summed E-state index contributed by atoms with van der Waals surface area (Å²) in [6, 6.07) is 12.0. The molecule has 7 nitrogen and oxygen atoms in total. The van der Waals surface area contributed by atoms with Gasteiger partial charge in [-0.3, -0.25) is 0 Å². The van der Waals surface area contributed by atoms with Crippen LogP contribution in [0.1, 0.15) is 12.5 Å². The van der Waals surface area contributed by atoms with Gasteiger partial charge in [-0.25, -0.2) is 14.5 Å². The van der Waals surface area contributed by atoms with Crippen molar-refractivity contribution >= 4 is 11.5 Å². The van der Waals surface area contributed by atoms with Crippen LogP contribution in [0.5, 0.6) is 5.75 Å². The average molecular weight is 455 g/mol. The molecule has 0 bridgehead atoms. The molecule has 0 unspecified atom stereocenters. The maximum atomic E-state index is 13.3. The predicted octanol–water partition coefficient (Wildman–Crippen LogP) is 4.47. The zero-order valence-electron chi connectivity index (χ0n) is 17.6. The van der Waals surface area contributed by atoms with E-state index in [0.29, 0.717) is 36.9 Å². The van der Waals surface area contributed by atoms with E-state index in [4.69, 9.17) is 15.2 Å². The highest BCUT2D eigenvalue weighted by Gasteiger charge is 2.35. The average Bonchev–Trinajstić information content (AvgIpc) is 3.19. The van der Waals surface area contributed by atoms with Crippen molar-refractivity contribution in [1.82, 2.24) is 19.6 Å². The highest BCUT2D eigenvalue weighted by atomic mass is 19.4. The second kappa shape index (κ2) is 7.73. The lowest BCUT2D eigenvalue weighted by Gasteiger charge is -2.37. The van der Waals surface area contributed by atoms with E-state index in [-0.39, 0.29) is 11.0 Å². The van der Waals surface area contributed by atoms with Gasteiger partial charge in [-0.2, -0.15) is 18.3 Å². The molecule has 3 aromatic heterocycles. The molecule has 0 aliphatic carbocycles. The van der Waals surface area contributed by atoms with Gasteiger partial charge in [-0.1, -0.05) is 6.92 Å². The first kappa shape index (κ1) is 21.2. The topological polar surface area (TPSA) is 87.6 Å². The molecular formula is C23H20F3N5O2.